The number of benzene rings is 2. The van der Waals surface area contributed by atoms with Gasteiger partial charge in [-0.1, -0.05) is 29.8 Å². The lowest BCUT2D eigenvalue weighted by Gasteiger charge is -2.18. The van der Waals surface area contributed by atoms with E-state index >= 15 is 0 Å². The molecule has 2 aromatic carbocycles. The summed E-state index contributed by atoms with van der Waals surface area (Å²) in [5.41, 5.74) is 11.1. The highest BCUT2D eigenvalue weighted by Crippen LogP contribution is 2.32. The van der Waals surface area contributed by atoms with Gasteiger partial charge in [0.15, 0.2) is 11.5 Å². The van der Waals surface area contributed by atoms with Crippen molar-refractivity contribution in [2.24, 2.45) is 5.73 Å². The lowest BCUT2D eigenvalue weighted by Crippen LogP contribution is -2.13. The van der Waals surface area contributed by atoms with E-state index in [1.54, 1.807) is 0 Å². The van der Waals surface area contributed by atoms with Crippen LogP contribution in [0.15, 0.2) is 36.4 Å². The molecule has 3 nitrogen and oxygen atoms in total. The first-order chi connectivity index (χ1) is 10.6. The molecule has 0 spiro atoms. The smallest absolute Gasteiger partial charge is 0.161 e. The van der Waals surface area contributed by atoms with E-state index in [4.69, 9.17) is 15.2 Å². The Labute approximate surface area is 133 Å². The van der Waals surface area contributed by atoms with Crippen LogP contribution in [0.5, 0.6) is 11.5 Å². The highest BCUT2D eigenvalue weighted by Gasteiger charge is 2.14. The van der Waals surface area contributed by atoms with E-state index in [9.17, 15) is 0 Å². The topological polar surface area (TPSA) is 44.5 Å². The van der Waals surface area contributed by atoms with Crippen molar-refractivity contribution in [2.45, 2.75) is 33.7 Å². The fraction of sp³-hybridized carbons (Fsp3) is 0.368. The second-order valence-corrected chi connectivity index (χ2v) is 5.41. The first-order valence-corrected chi connectivity index (χ1v) is 7.79. The van der Waals surface area contributed by atoms with Gasteiger partial charge in [-0.15, -0.1) is 0 Å². The molecule has 0 aliphatic heterocycles. The molecule has 0 fully saturated rings. The number of rotatable bonds is 6. The quantitative estimate of drug-likeness (QED) is 0.871. The molecule has 0 amide bonds. The summed E-state index contributed by atoms with van der Waals surface area (Å²) in [6, 6.07) is 12.1. The normalized spacial score (nSPS) is 12.0. The molecule has 0 radical (unpaired) electrons. The minimum Gasteiger partial charge on any atom is -0.490 e. The van der Waals surface area contributed by atoms with Crippen LogP contribution in [-0.2, 0) is 0 Å². The van der Waals surface area contributed by atoms with E-state index in [-0.39, 0.29) is 6.04 Å². The van der Waals surface area contributed by atoms with Gasteiger partial charge in [-0.25, -0.2) is 0 Å². The Morgan fingerprint density at radius 1 is 0.909 bits per heavy atom. The van der Waals surface area contributed by atoms with Crippen LogP contribution < -0.4 is 15.2 Å². The molecule has 1 atom stereocenters. The Bertz CT molecular complexity index is 637. The molecular formula is C19H25NO2. The molecule has 0 aliphatic rings. The highest BCUT2D eigenvalue weighted by atomic mass is 16.5. The van der Waals surface area contributed by atoms with Gasteiger partial charge in [-0.05, 0) is 56.5 Å². The fourth-order valence-electron chi connectivity index (χ4n) is 2.62. The van der Waals surface area contributed by atoms with Gasteiger partial charge in [0.05, 0.1) is 19.3 Å². The summed E-state index contributed by atoms with van der Waals surface area (Å²) >= 11 is 0. The summed E-state index contributed by atoms with van der Waals surface area (Å²) in [6.07, 6.45) is 0. The predicted molar refractivity (Wildman–Crippen MR) is 90.7 cm³/mol. The van der Waals surface area contributed by atoms with Crippen molar-refractivity contribution in [1.82, 2.24) is 0 Å². The molecule has 2 aromatic rings. The van der Waals surface area contributed by atoms with E-state index in [0.29, 0.717) is 13.2 Å². The SMILES string of the molecule is CCOc1ccc(C(N)c2ccc(C)cc2C)cc1OCC. The summed E-state index contributed by atoms with van der Waals surface area (Å²) in [6.45, 7) is 9.33. The monoisotopic (exact) mass is 299 g/mol. The van der Waals surface area contributed by atoms with Crippen molar-refractivity contribution in [3.05, 3.63) is 58.7 Å². The third kappa shape index (κ3) is 3.60. The van der Waals surface area contributed by atoms with E-state index in [2.05, 4.69) is 32.0 Å². The van der Waals surface area contributed by atoms with Crippen LogP contribution in [0.1, 0.15) is 42.1 Å². The maximum Gasteiger partial charge on any atom is 0.161 e. The Kier molecular flexibility index (Phi) is 5.45. The van der Waals surface area contributed by atoms with Crippen molar-refractivity contribution in [2.75, 3.05) is 13.2 Å². The summed E-state index contributed by atoms with van der Waals surface area (Å²) in [4.78, 5) is 0. The number of hydrogen-bond acceptors (Lipinski definition) is 3. The van der Waals surface area contributed by atoms with Gasteiger partial charge in [-0.2, -0.15) is 0 Å². The molecule has 0 saturated heterocycles. The minimum atomic E-state index is -0.171. The van der Waals surface area contributed by atoms with E-state index in [1.165, 1.54) is 11.1 Å². The third-order valence-corrected chi connectivity index (χ3v) is 3.69. The van der Waals surface area contributed by atoms with Crippen LogP contribution in [0.2, 0.25) is 0 Å². The summed E-state index contributed by atoms with van der Waals surface area (Å²) < 4.78 is 11.3. The summed E-state index contributed by atoms with van der Waals surface area (Å²) in [5, 5.41) is 0. The molecule has 0 aliphatic carbocycles. The second-order valence-electron chi connectivity index (χ2n) is 5.41. The molecular weight excluding hydrogens is 274 g/mol. The number of hydrogen-bond donors (Lipinski definition) is 1. The number of ether oxygens (including phenoxy) is 2. The molecule has 0 bridgehead atoms. The fourth-order valence-corrected chi connectivity index (χ4v) is 2.62. The molecule has 0 saturated carbocycles. The van der Waals surface area contributed by atoms with Gasteiger partial charge in [-0.3, -0.25) is 0 Å². The van der Waals surface area contributed by atoms with Gasteiger partial charge in [0.2, 0.25) is 0 Å². The van der Waals surface area contributed by atoms with E-state index in [1.807, 2.05) is 32.0 Å². The van der Waals surface area contributed by atoms with Crippen molar-refractivity contribution in [3.8, 4) is 11.5 Å². The van der Waals surface area contributed by atoms with Crippen LogP contribution in [0.25, 0.3) is 0 Å². The Morgan fingerprint density at radius 3 is 2.23 bits per heavy atom. The largest absolute Gasteiger partial charge is 0.490 e. The van der Waals surface area contributed by atoms with Crippen LogP contribution in [0.3, 0.4) is 0 Å². The predicted octanol–water partition coefficient (Wildman–Crippen LogP) is 4.15. The average molecular weight is 299 g/mol. The van der Waals surface area contributed by atoms with Gasteiger partial charge in [0, 0.05) is 0 Å². The van der Waals surface area contributed by atoms with Gasteiger partial charge in [0.25, 0.3) is 0 Å². The number of nitrogens with two attached hydrogens (primary N) is 1. The lowest BCUT2D eigenvalue weighted by atomic mass is 9.94. The zero-order chi connectivity index (χ0) is 16.1. The van der Waals surface area contributed by atoms with Gasteiger partial charge in [0.1, 0.15) is 0 Å². The zero-order valence-corrected chi connectivity index (χ0v) is 13.8. The summed E-state index contributed by atoms with van der Waals surface area (Å²) in [7, 11) is 0. The first-order valence-electron chi connectivity index (χ1n) is 7.79. The number of aryl methyl sites for hydroxylation is 2. The van der Waals surface area contributed by atoms with Crippen molar-refractivity contribution >= 4 is 0 Å². The van der Waals surface area contributed by atoms with Crippen LogP contribution >= 0.6 is 0 Å². The van der Waals surface area contributed by atoms with Crippen LogP contribution in [-0.4, -0.2) is 13.2 Å². The Balaban J connectivity index is 2.36. The van der Waals surface area contributed by atoms with E-state index < -0.39 is 0 Å². The molecule has 118 valence electrons. The third-order valence-electron chi connectivity index (χ3n) is 3.69. The van der Waals surface area contributed by atoms with Crippen LogP contribution in [0.4, 0.5) is 0 Å². The Hall–Kier alpha value is -2.00. The first kappa shape index (κ1) is 16.4. The molecule has 1 unspecified atom stereocenters. The highest BCUT2D eigenvalue weighted by molar-refractivity contribution is 5.47. The minimum absolute atomic E-state index is 0.171. The maximum atomic E-state index is 6.46. The average Bonchev–Trinajstić information content (AvgIpc) is 2.49. The lowest BCUT2D eigenvalue weighted by molar-refractivity contribution is 0.287. The van der Waals surface area contributed by atoms with Crippen molar-refractivity contribution in [1.29, 1.82) is 0 Å². The van der Waals surface area contributed by atoms with Crippen molar-refractivity contribution < 1.29 is 9.47 Å². The molecule has 0 aromatic heterocycles. The Morgan fingerprint density at radius 2 is 1.59 bits per heavy atom. The zero-order valence-electron chi connectivity index (χ0n) is 13.8. The second kappa shape index (κ2) is 7.32. The molecule has 2 rings (SSSR count). The molecule has 22 heavy (non-hydrogen) atoms. The summed E-state index contributed by atoms with van der Waals surface area (Å²) in [5.74, 6) is 1.52. The van der Waals surface area contributed by atoms with E-state index in [0.717, 1.165) is 22.6 Å². The maximum absolute atomic E-state index is 6.46. The molecule has 2 N–H and O–H groups in total. The van der Waals surface area contributed by atoms with Gasteiger partial charge < -0.3 is 15.2 Å². The molecule has 0 heterocycles. The standard InChI is InChI=1S/C19H25NO2/c1-5-21-17-10-8-15(12-18(17)22-6-2)19(20)16-9-7-13(3)11-14(16)4/h7-12,19H,5-6,20H2,1-4H3. The van der Waals surface area contributed by atoms with Gasteiger partial charge >= 0.3 is 0 Å². The van der Waals surface area contributed by atoms with Crippen LogP contribution in [0, 0.1) is 13.8 Å². The van der Waals surface area contributed by atoms with Crippen molar-refractivity contribution in [3.63, 3.8) is 0 Å². The molecule has 3 heteroatoms.